The number of nitrogens with one attached hydrogen (secondary N) is 2. The zero-order chi connectivity index (χ0) is 14.9. The summed E-state index contributed by atoms with van der Waals surface area (Å²) in [5.41, 5.74) is 0. The Balaban J connectivity index is 1.17. The van der Waals surface area contributed by atoms with Gasteiger partial charge in [0.25, 0.3) is 0 Å². The molecule has 2 saturated carbocycles. The molecule has 0 radical (unpaired) electrons. The minimum absolute atomic E-state index is 0.104. The Morgan fingerprint density at radius 2 is 2.00 bits per heavy atom. The molecule has 4 rings (SSSR count). The van der Waals surface area contributed by atoms with E-state index in [-0.39, 0.29) is 5.91 Å². The zero-order valence-corrected chi connectivity index (χ0v) is 13.6. The molecular weight excluding hydrogens is 298 g/mol. The van der Waals surface area contributed by atoms with Gasteiger partial charge in [-0.1, -0.05) is 11.8 Å². The monoisotopic (exact) mass is 321 g/mol. The minimum Gasteiger partial charge on any atom is -0.353 e. The van der Waals surface area contributed by atoms with Crippen LogP contribution in [0, 0.1) is 0 Å². The largest absolute Gasteiger partial charge is 0.353 e. The number of likely N-dealkylation sites (tertiary alicyclic amines) is 1. The second kappa shape index (κ2) is 6.20. The van der Waals surface area contributed by atoms with Gasteiger partial charge in [-0.3, -0.25) is 9.89 Å². The lowest BCUT2D eigenvalue weighted by Gasteiger charge is -2.32. The number of aromatic amines is 1. The molecule has 2 N–H and O–H groups in total. The van der Waals surface area contributed by atoms with E-state index >= 15 is 0 Å². The molecule has 7 heteroatoms. The number of nitrogens with zero attached hydrogens (tertiary/aromatic N) is 3. The summed E-state index contributed by atoms with van der Waals surface area (Å²) in [6.45, 7) is 2.27. The van der Waals surface area contributed by atoms with Gasteiger partial charge in [-0.05, 0) is 38.5 Å². The van der Waals surface area contributed by atoms with Crippen LogP contribution in [0.2, 0.25) is 0 Å². The summed E-state index contributed by atoms with van der Waals surface area (Å²) in [5.74, 6) is 2.07. The fourth-order valence-corrected chi connectivity index (χ4v) is 3.73. The zero-order valence-electron chi connectivity index (χ0n) is 12.8. The molecule has 2 aliphatic carbocycles. The van der Waals surface area contributed by atoms with E-state index in [1.54, 1.807) is 0 Å². The van der Waals surface area contributed by atoms with Gasteiger partial charge in [0.2, 0.25) is 11.1 Å². The van der Waals surface area contributed by atoms with Gasteiger partial charge in [-0.2, -0.15) is 0 Å². The van der Waals surface area contributed by atoms with Crippen molar-refractivity contribution >= 4 is 17.7 Å². The molecule has 0 bridgehead atoms. The summed E-state index contributed by atoms with van der Waals surface area (Å²) in [4.78, 5) is 19.1. The van der Waals surface area contributed by atoms with Crippen LogP contribution < -0.4 is 5.32 Å². The number of hydrogen-bond donors (Lipinski definition) is 2. The van der Waals surface area contributed by atoms with Crippen LogP contribution in [0.4, 0.5) is 0 Å². The van der Waals surface area contributed by atoms with Crippen LogP contribution in [-0.2, 0) is 4.79 Å². The highest BCUT2D eigenvalue weighted by Crippen LogP contribution is 2.38. The molecule has 1 aliphatic heterocycles. The summed E-state index contributed by atoms with van der Waals surface area (Å²) in [6, 6.07) is 1.19. The van der Waals surface area contributed by atoms with Gasteiger partial charge in [-0.15, -0.1) is 5.10 Å². The number of carbonyl (C=O) groups is 1. The van der Waals surface area contributed by atoms with Crippen LogP contribution in [0.25, 0.3) is 0 Å². The van der Waals surface area contributed by atoms with Crippen molar-refractivity contribution in [2.45, 2.75) is 61.7 Å². The molecule has 1 amide bonds. The molecule has 1 saturated heterocycles. The second-order valence-electron chi connectivity index (χ2n) is 6.68. The van der Waals surface area contributed by atoms with E-state index in [4.69, 9.17) is 0 Å². The smallest absolute Gasteiger partial charge is 0.230 e. The Labute approximate surface area is 134 Å². The number of rotatable bonds is 6. The number of piperidine rings is 1. The quantitative estimate of drug-likeness (QED) is 0.777. The van der Waals surface area contributed by atoms with E-state index in [9.17, 15) is 4.79 Å². The topological polar surface area (TPSA) is 73.9 Å². The summed E-state index contributed by atoms with van der Waals surface area (Å²) in [6.07, 6.45) is 7.32. The van der Waals surface area contributed by atoms with Crippen LogP contribution in [0.1, 0.15) is 50.3 Å². The molecule has 0 spiro atoms. The van der Waals surface area contributed by atoms with E-state index in [1.807, 2.05) is 0 Å². The van der Waals surface area contributed by atoms with Crippen molar-refractivity contribution < 1.29 is 4.79 Å². The summed E-state index contributed by atoms with van der Waals surface area (Å²) < 4.78 is 0. The molecule has 0 aromatic carbocycles. The first kappa shape index (κ1) is 14.5. The van der Waals surface area contributed by atoms with Crippen LogP contribution in [0.3, 0.4) is 0 Å². The van der Waals surface area contributed by atoms with Crippen LogP contribution in [0.5, 0.6) is 0 Å². The second-order valence-corrected chi connectivity index (χ2v) is 7.62. The first-order valence-electron chi connectivity index (χ1n) is 8.36. The highest BCUT2D eigenvalue weighted by atomic mass is 32.2. The number of H-pyrrole nitrogens is 1. The average molecular weight is 321 g/mol. The fourth-order valence-electron chi connectivity index (χ4n) is 3.11. The normalized spacial score (nSPS) is 23.6. The summed E-state index contributed by atoms with van der Waals surface area (Å²) in [7, 11) is 0. The van der Waals surface area contributed by atoms with Crippen molar-refractivity contribution in [3.8, 4) is 0 Å². The predicted molar refractivity (Wildman–Crippen MR) is 84.8 cm³/mol. The van der Waals surface area contributed by atoms with Crippen LogP contribution in [0.15, 0.2) is 5.16 Å². The van der Waals surface area contributed by atoms with Gasteiger partial charge >= 0.3 is 0 Å². The lowest BCUT2D eigenvalue weighted by atomic mass is 10.1. The minimum atomic E-state index is 0.104. The Hall–Kier alpha value is -1.08. The summed E-state index contributed by atoms with van der Waals surface area (Å²) in [5, 5.41) is 11.0. The Bertz CT molecular complexity index is 532. The molecule has 0 unspecified atom stereocenters. The van der Waals surface area contributed by atoms with Crippen molar-refractivity contribution in [2.75, 3.05) is 18.8 Å². The first-order valence-corrected chi connectivity index (χ1v) is 9.35. The molecule has 1 aromatic rings. The molecule has 6 nitrogen and oxygen atoms in total. The van der Waals surface area contributed by atoms with Gasteiger partial charge in [0.15, 0.2) is 0 Å². The summed E-state index contributed by atoms with van der Waals surface area (Å²) >= 11 is 1.42. The lowest BCUT2D eigenvalue weighted by Crippen LogP contribution is -2.45. The van der Waals surface area contributed by atoms with E-state index in [0.717, 1.165) is 37.8 Å². The van der Waals surface area contributed by atoms with Crippen LogP contribution >= 0.6 is 11.8 Å². The van der Waals surface area contributed by atoms with Gasteiger partial charge in [0.05, 0.1) is 5.75 Å². The van der Waals surface area contributed by atoms with E-state index in [1.165, 1.54) is 37.4 Å². The van der Waals surface area contributed by atoms with Crippen molar-refractivity contribution in [1.29, 1.82) is 0 Å². The first-order chi connectivity index (χ1) is 10.8. The Kier molecular flexibility index (Phi) is 4.09. The van der Waals surface area contributed by atoms with Gasteiger partial charge in [0.1, 0.15) is 5.82 Å². The maximum atomic E-state index is 12.1. The lowest BCUT2D eigenvalue weighted by molar-refractivity contribution is -0.119. The number of hydrogen-bond acceptors (Lipinski definition) is 5. The van der Waals surface area contributed by atoms with Crippen molar-refractivity contribution in [3.05, 3.63) is 5.82 Å². The Morgan fingerprint density at radius 3 is 2.68 bits per heavy atom. The number of amides is 1. The third-order valence-corrected chi connectivity index (χ3v) is 5.58. The average Bonchev–Trinajstić information content (AvgIpc) is 3.45. The molecule has 2 heterocycles. The maximum Gasteiger partial charge on any atom is 0.230 e. The highest BCUT2D eigenvalue weighted by Gasteiger charge is 2.32. The number of aromatic nitrogens is 3. The number of thioether (sulfide) groups is 1. The molecule has 0 atom stereocenters. The van der Waals surface area contributed by atoms with E-state index in [2.05, 4.69) is 25.4 Å². The predicted octanol–water partition coefficient (Wildman–Crippen LogP) is 1.52. The Morgan fingerprint density at radius 1 is 1.23 bits per heavy atom. The van der Waals surface area contributed by atoms with E-state index in [0.29, 0.717) is 22.9 Å². The highest BCUT2D eigenvalue weighted by molar-refractivity contribution is 7.99. The van der Waals surface area contributed by atoms with Crippen LogP contribution in [-0.4, -0.2) is 56.9 Å². The maximum absolute atomic E-state index is 12.1. The third-order valence-electron chi connectivity index (χ3n) is 4.74. The number of carbonyl (C=O) groups excluding carboxylic acids is 1. The van der Waals surface area contributed by atoms with Gasteiger partial charge < -0.3 is 10.2 Å². The standard InChI is InChI=1S/C15H23N5OS/c21-13(9-22-15-17-14(18-19-15)10-1-2-10)16-11-5-7-20(8-6-11)12-3-4-12/h10-12H,1-9H2,(H,16,21)(H,17,18,19). The molecule has 120 valence electrons. The molecule has 3 fully saturated rings. The molecule has 1 aromatic heterocycles. The SMILES string of the molecule is O=C(CSc1n[nH]c(C2CC2)n1)NC1CCN(C2CC2)CC1. The molecule has 3 aliphatic rings. The van der Waals surface area contributed by atoms with Crippen molar-refractivity contribution in [1.82, 2.24) is 25.4 Å². The fraction of sp³-hybridized carbons (Fsp3) is 0.800. The third kappa shape index (κ3) is 3.63. The van der Waals surface area contributed by atoms with E-state index < -0.39 is 0 Å². The van der Waals surface area contributed by atoms with Crippen molar-refractivity contribution in [2.24, 2.45) is 0 Å². The molecular formula is C15H23N5OS. The van der Waals surface area contributed by atoms with Gasteiger partial charge in [0, 0.05) is 31.1 Å². The van der Waals surface area contributed by atoms with Gasteiger partial charge in [-0.25, -0.2) is 4.98 Å². The van der Waals surface area contributed by atoms with Crippen molar-refractivity contribution in [3.63, 3.8) is 0 Å². The molecule has 22 heavy (non-hydrogen) atoms.